The summed E-state index contributed by atoms with van der Waals surface area (Å²) in [5.41, 5.74) is 1.30. The van der Waals surface area contributed by atoms with E-state index in [1.807, 2.05) is 18.2 Å². The first kappa shape index (κ1) is 15.5. The molecule has 0 radical (unpaired) electrons. The monoisotopic (exact) mass is 263 g/mol. The van der Waals surface area contributed by atoms with Gasteiger partial charge >= 0.3 is 6.09 Å². The van der Waals surface area contributed by atoms with Crippen LogP contribution in [0.3, 0.4) is 0 Å². The number of amides is 1. The Balaban J connectivity index is 1.95. The topological polar surface area (TPSA) is 38.3 Å². The van der Waals surface area contributed by atoms with E-state index in [0.717, 1.165) is 25.7 Å². The van der Waals surface area contributed by atoms with Crippen molar-refractivity contribution in [1.82, 2.24) is 5.32 Å². The molecule has 3 heteroatoms. The highest BCUT2D eigenvalue weighted by Gasteiger charge is 2.00. The first-order chi connectivity index (χ1) is 9.33. The molecule has 1 N–H and O–H groups in total. The van der Waals surface area contributed by atoms with E-state index in [0.29, 0.717) is 13.2 Å². The molecule has 19 heavy (non-hydrogen) atoms. The maximum Gasteiger partial charge on any atom is 0.407 e. The van der Waals surface area contributed by atoms with Crippen LogP contribution in [-0.2, 0) is 11.2 Å². The highest BCUT2D eigenvalue weighted by Crippen LogP contribution is 2.01. The average Bonchev–Trinajstić information content (AvgIpc) is 2.44. The summed E-state index contributed by atoms with van der Waals surface area (Å²) in [5, 5.41) is 2.78. The molecule has 0 spiro atoms. The van der Waals surface area contributed by atoms with E-state index in [1.54, 1.807) is 0 Å². The third-order valence-electron chi connectivity index (χ3n) is 2.99. The number of hydrogen-bond donors (Lipinski definition) is 1. The summed E-state index contributed by atoms with van der Waals surface area (Å²) in [6.45, 7) is 3.37. The SMILES string of the molecule is CCCCCCOC(=O)NCCCc1ccccc1. The third-order valence-corrected chi connectivity index (χ3v) is 2.99. The summed E-state index contributed by atoms with van der Waals surface area (Å²) in [6, 6.07) is 10.3. The summed E-state index contributed by atoms with van der Waals surface area (Å²) in [6.07, 6.45) is 6.15. The highest BCUT2D eigenvalue weighted by molar-refractivity contribution is 5.66. The molecular formula is C16H25NO2. The van der Waals surface area contributed by atoms with Gasteiger partial charge in [0.2, 0.25) is 0 Å². The predicted octanol–water partition coefficient (Wildman–Crippen LogP) is 3.93. The Labute approximate surface area is 116 Å². The van der Waals surface area contributed by atoms with Gasteiger partial charge in [0.15, 0.2) is 0 Å². The molecule has 0 aliphatic rings. The Morgan fingerprint density at radius 2 is 1.89 bits per heavy atom. The molecule has 1 amide bonds. The molecule has 1 rings (SSSR count). The van der Waals surface area contributed by atoms with Gasteiger partial charge in [-0.25, -0.2) is 4.79 Å². The van der Waals surface area contributed by atoms with Gasteiger partial charge in [0, 0.05) is 6.54 Å². The van der Waals surface area contributed by atoms with E-state index in [2.05, 4.69) is 24.4 Å². The summed E-state index contributed by atoms with van der Waals surface area (Å²) < 4.78 is 5.09. The zero-order valence-corrected chi connectivity index (χ0v) is 11.9. The Morgan fingerprint density at radius 3 is 2.63 bits per heavy atom. The van der Waals surface area contributed by atoms with Crippen LogP contribution >= 0.6 is 0 Å². The van der Waals surface area contributed by atoms with Gasteiger partial charge in [-0.2, -0.15) is 0 Å². The molecule has 0 bridgehead atoms. The zero-order chi connectivity index (χ0) is 13.8. The van der Waals surface area contributed by atoms with Crippen LogP contribution in [0.4, 0.5) is 4.79 Å². The van der Waals surface area contributed by atoms with E-state index in [-0.39, 0.29) is 6.09 Å². The van der Waals surface area contributed by atoms with E-state index in [9.17, 15) is 4.79 Å². The number of rotatable bonds is 9. The fourth-order valence-electron chi connectivity index (χ4n) is 1.87. The lowest BCUT2D eigenvalue weighted by Gasteiger charge is -2.06. The summed E-state index contributed by atoms with van der Waals surface area (Å²) in [7, 11) is 0. The number of carbonyl (C=O) groups excluding carboxylic acids is 1. The lowest BCUT2D eigenvalue weighted by Crippen LogP contribution is -2.26. The van der Waals surface area contributed by atoms with Crippen molar-refractivity contribution in [2.45, 2.75) is 45.4 Å². The number of unbranched alkanes of at least 4 members (excludes halogenated alkanes) is 3. The smallest absolute Gasteiger partial charge is 0.407 e. The third kappa shape index (κ3) is 8.25. The fourth-order valence-corrected chi connectivity index (χ4v) is 1.87. The van der Waals surface area contributed by atoms with Crippen molar-refractivity contribution in [3.05, 3.63) is 35.9 Å². The van der Waals surface area contributed by atoms with Crippen LogP contribution in [0.5, 0.6) is 0 Å². The quantitative estimate of drug-likeness (QED) is 0.686. The van der Waals surface area contributed by atoms with Crippen molar-refractivity contribution in [3.8, 4) is 0 Å². The number of aryl methyl sites for hydroxylation is 1. The van der Waals surface area contributed by atoms with Crippen LogP contribution in [0.2, 0.25) is 0 Å². The van der Waals surface area contributed by atoms with Gasteiger partial charge in [-0.15, -0.1) is 0 Å². The molecule has 0 saturated heterocycles. The Bertz CT molecular complexity index is 338. The number of benzene rings is 1. The standard InChI is InChI=1S/C16H25NO2/c1-2-3-4-8-14-19-16(18)17-13-9-12-15-10-6-5-7-11-15/h5-7,10-11H,2-4,8-9,12-14H2,1H3,(H,17,18). The van der Waals surface area contributed by atoms with Gasteiger partial charge in [-0.05, 0) is 24.8 Å². The van der Waals surface area contributed by atoms with Crippen LogP contribution in [-0.4, -0.2) is 19.2 Å². The molecule has 0 saturated carbocycles. The van der Waals surface area contributed by atoms with Crippen LogP contribution in [0.15, 0.2) is 30.3 Å². The Hall–Kier alpha value is -1.51. The van der Waals surface area contributed by atoms with Gasteiger partial charge < -0.3 is 10.1 Å². The molecule has 3 nitrogen and oxygen atoms in total. The van der Waals surface area contributed by atoms with E-state index in [1.165, 1.54) is 18.4 Å². The van der Waals surface area contributed by atoms with E-state index < -0.39 is 0 Å². The minimum absolute atomic E-state index is 0.287. The molecule has 0 atom stereocenters. The van der Waals surface area contributed by atoms with Crippen molar-refractivity contribution >= 4 is 6.09 Å². The van der Waals surface area contributed by atoms with Crippen LogP contribution in [0.1, 0.15) is 44.6 Å². The van der Waals surface area contributed by atoms with Crippen molar-refractivity contribution < 1.29 is 9.53 Å². The van der Waals surface area contributed by atoms with Crippen LogP contribution < -0.4 is 5.32 Å². The van der Waals surface area contributed by atoms with Gasteiger partial charge in [0.25, 0.3) is 0 Å². The number of ether oxygens (including phenoxy) is 1. The number of nitrogens with one attached hydrogen (secondary N) is 1. The minimum atomic E-state index is -0.287. The molecule has 0 unspecified atom stereocenters. The van der Waals surface area contributed by atoms with E-state index in [4.69, 9.17) is 4.74 Å². The first-order valence-corrected chi connectivity index (χ1v) is 7.27. The molecule has 0 aliphatic carbocycles. The first-order valence-electron chi connectivity index (χ1n) is 7.27. The second-order valence-electron chi connectivity index (χ2n) is 4.71. The second-order valence-corrected chi connectivity index (χ2v) is 4.71. The Morgan fingerprint density at radius 1 is 1.11 bits per heavy atom. The predicted molar refractivity (Wildman–Crippen MR) is 78.3 cm³/mol. The van der Waals surface area contributed by atoms with Gasteiger partial charge in [-0.1, -0.05) is 56.5 Å². The lowest BCUT2D eigenvalue weighted by atomic mass is 10.1. The number of alkyl carbamates (subject to hydrolysis) is 1. The molecule has 0 heterocycles. The maximum atomic E-state index is 11.4. The minimum Gasteiger partial charge on any atom is -0.450 e. The van der Waals surface area contributed by atoms with Gasteiger partial charge in [0.1, 0.15) is 0 Å². The summed E-state index contributed by atoms with van der Waals surface area (Å²) >= 11 is 0. The molecule has 1 aromatic rings. The van der Waals surface area contributed by atoms with Crippen molar-refractivity contribution in [2.24, 2.45) is 0 Å². The number of carbonyl (C=O) groups is 1. The van der Waals surface area contributed by atoms with Crippen molar-refractivity contribution in [2.75, 3.05) is 13.2 Å². The van der Waals surface area contributed by atoms with E-state index >= 15 is 0 Å². The Kier molecular flexibility index (Phi) is 8.52. The van der Waals surface area contributed by atoms with Gasteiger partial charge in [0.05, 0.1) is 6.61 Å². The number of hydrogen-bond acceptors (Lipinski definition) is 2. The zero-order valence-electron chi connectivity index (χ0n) is 11.9. The largest absolute Gasteiger partial charge is 0.450 e. The lowest BCUT2D eigenvalue weighted by molar-refractivity contribution is 0.144. The summed E-state index contributed by atoms with van der Waals surface area (Å²) in [5.74, 6) is 0. The highest BCUT2D eigenvalue weighted by atomic mass is 16.5. The van der Waals surface area contributed by atoms with Crippen LogP contribution in [0.25, 0.3) is 0 Å². The molecule has 0 aromatic heterocycles. The molecule has 0 aliphatic heterocycles. The second kappa shape index (κ2) is 10.4. The molecule has 106 valence electrons. The average molecular weight is 263 g/mol. The summed E-state index contributed by atoms with van der Waals surface area (Å²) in [4.78, 5) is 11.4. The fraction of sp³-hybridized carbons (Fsp3) is 0.562. The molecular weight excluding hydrogens is 238 g/mol. The molecule has 1 aromatic carbocycles. The molecule has 0 fully saturated rings. The maximum absolute atomic E-state index is 11.4. The van der Waals surface area contributed by atoms with Gasteiger partial charge in [-0.3, -0.25) is 0 Å². The van der Waals surface area contributed by atoms with Crippen molar-refractivity contribution in [1.29, 1.82) is 0 Å². The normalized spacial score (nSPS) is 10.2. The van der Waals surface area contributed by atoms with Crippen molar-refractivity contribution in [3.63, 3.8) is 0 Å². The van der Waals surface area contributed by atoms with Crippen LogP contribution in [0, 0.1) is 0 Å².